The van der Waals surface area contributed by atoms with Crippen molar-refractivity contribution < 1.29 is 4.74 Å². The molecule has 3 atom stereocenters. The van der Waals surface area contributed by atoms with Gasteiger partial charge in [0, 0.05) is 44.0 Å². The Morgan fingerprint density at radius 1 is 1.38 bits per heavy atom. The van der Waals surface area contributed by atoms with Gasteiger partial charge in [-0.2, -0.15) is 0 Å². The third kappa shape index (κ3) is 3.65. The molecule has 0 spiro atoms. The Hall–Kier alpha value is -0.910. The highest BCUT2D eigenvalue weighted by atomic mass is 16.5. The van der Waals surface area contributed by atoms with Crippen molar-refractivity contribution in [2.45, 2.75) is 51.2 Å². The van der Waals surface area contributed by atoms with Gasteiger partial charge in [-0.3, -0.25) is 4.90 Å². The van der Waals surface area contributed by atoms with Gasteiger partial charge < -0.3 is 14.6 Å². The third-order valence-corrected chi connectivity index (χ3v) is 4.77. The predicted octanol–water partition coefficient (Wildman–Crippen LogP) is 1.98. The fraction of sp³-hybridized carbons (Fsp3) is 0.812. The van der Waals surface area contributed by atoms with E-state index in [0.29, 0.717) is 18.1 Å². The van der Waals surface area contributed by atoms with Crippen LogP contribution in [0.15, 0.2) is 12.5 Å². The van der Waals surface area contributed by atoms with Crippen LogP contribution >= 0.6 is 0 Å². The van der Waals surface area contributed by atoms with Gasteiger partial charge in [-0.05, 0) is 33.1 Å². The normalized spacial score (nSPS) is 29.4. The second-order valence-electron chi connectivity index (χ2n) is 6.54. The predicted molar refractivity (Wildman–Crippen MR) is 83.4 cm³/mol. The van der Waals surface area contributed by atoms with E-state index in [-0.39, 0.29) is 0 Å². The number of piperidine rings is 1. The van der Waals surface area contributed by atoms with E-state index in [1.807, 2.05) is 12.5 Å². The Labute approximate surface area is 127 Å². The van der Waals surface area contributed by atoms with E-state index in [0.717, 1.165) is 32.8 Å². The first-order valence-corrected chi connectivity index (χ1v) is 8.32. The van der Waals surface area contributed by atoms with Crippen LogP contribution in [-0.4, -0.2) is 53.3 Å². The summed E-state index contributed by atoms with van der Waals surface area (Å²) in [6, 6.07) is 1.53. The summed E-state index contributed by atoms with van der Waals surface area (Å²) in [5, 5.41) is 3.72. The highest BCUT2D eigenvalue weighted by Gasteiger charge is 2.24. The summed E-state index contributed by atoms with van der Waals surface area (Å²) in [6.45, 7) is 9.49. The van der Waals surface area contributed by atoms with Gasteiger partial charge >= 0.3 is 0 Å². The lowest BCUT2D eigenvalue weighted by Gasteiger charge is -2.33. The van der Waals surface area contributed by atoms with Crippen molar-refractivity contribution in [3.05, 3.63) is 18.2 Å². The molecule has 2 aliphatic rings. The van der Waals surface area contributed by atoms with Crippen LogP contribution in [0.2, 0.25) is 0 Å². The molecule has 5 heteroatoms. The molecule has 0 amide bonds. The quantitative estimate of drug-likeness (QED) is 0.921. The maximum atomic E-state index is 5.43. The van der Waals surface area contributed by atoms with E-state index in [1.54, 1.807) is 0 Å². The van der Waals surface area contributed by atoms with Crippen LogP contribution in [0.25, 0.3) is 0 Å². The van der Waals surface area contributed by atoms with Crippen LogP contribution in [0, 0.1) is 0 Å². The molecule has 3 unspecified atom stereocenters. The van der Waals surface area contributed by atoms with Gasteiger partial charge in [0.2, 0.25) is 0 Å². The summed E-state index contributed by atoms with van der Waals surface area (Å²) in [7, 11) is 0. The number of imidazole rings is 1. The van der Waals surface area contributed by atoms with Gasteiger partial charge in [0.05, 0.1) is 25.2 Å². The molecular weight excluding hydrogens is 264 g/mol. The number of nitrogens with one attached hydrogen (secondary N) is 1. The average Bonchev–Trinajstić information content (AvgIpc) is 2.98. The summed E-state index contributed by atoms with van der Waals surface area (Å²) in [5.74, 6) is 0. The van der Waals surface area contributed by atoms with Crippen LogP contribution in [0.5, 0.6) is 0 Å². The minimum atomic E-state index is 0.458. The van der Waals surface area contributed by atoms with Gasteiger partial charge in [-0.15, -0.1) is 0 Å². The number of hydrogen-bond acceptors (Lipinski definition) is 4. The Morgan fingerprint density at radius 2 is 2.19 bits per heavy atom. The first kappa shape index (κ1) is 15.0. The second kappa shape index (κ2) is 6.90. The minimum absolute atomic E-state index is 0.458. The Kier molecular flexibility index (Phi) is 4.93. The molecule has 118 valence electrons. The molecule has 0 radical (unpaired) electrons. The molecule has 0 aliphatic carbocycles. The van der Waals surface area contributed by atoms with E-state index >= 15 is 0 Å². The van der Waals surface area contributed by atoms with Crippen molar-refractivity contribution in [3.63, 3.8) is 0 Å². The van der Waals surface area contributed by atoms with Crippen LogP contribution in [0.3, 0.4) is 0 Å². The van der Waals surface area contributed by atoms with Gasteiger partial charge in [-0.25, -0.2) is 4.98 Å². The molecule has 0 aromatic carbocycles. The van der Waals surface area contributed by atoms with Crippen molar-refractivity contribution in [2.75, 3.05) is 32.8 Å². The van der Waals surface area contributed by atoms with E-state index in [1.165, 1.54) is 25.0 Å². The zero-order chi connectivity index (χ0) is 14.7. The second-order valence-corrected chi connectivity index (χ2v) is 6.54. The standard InChI is InChI=1S/C16H28N4O/c1-13-4-3-5-15(18-13)16-10-17-12-20(16)14(2)11-19-6-8-21-9-7-19/h10,12-15,18H,3-9,11H2,1-2H3. The zero-order valence-electron chi connectivity index (χ0n) is 13.3. The highest BCUT2D eigenvalue weighted by molar-refractivity contribution is 5.08. The summed E-state index contributed by atoms with van der Waals surface area (Å²) in [4.78, 5) is 6.91. The third-order valence-electron chi connectivity index (χ3n) is 4.77. The number of aromatic nitrogens is 2. The fourth-order valence-corrected chi connectivity index (χ4v) is 3.57. The average molecular weight is 292 g/mol. The Balaban J connectivity index is 1.66. The zero-order valence-corrected chi connectivity index (χ0v) is 13.3. The minimum Gasteiger partial charge on any atom is -0.379 e. The van der Waals surface area contributed by atoms with Crippen molar-refractivity contribution in [1.82, 2.24) is 19.8 Å². The van der Waals surface area contributed by atoms with Crippen LogP contribution in [-0.2, 0) is 4.74 Å². The Morgan fingerprint density at radius 3 is 2.95 bits per heavy atom. The molecule has 2 fully saturated rings. The Bertz CT molecular complexity index is 441. The first-order valence-electron chi connectivity index (χ1n) is 8.32. The lowest BCUT2D eigenvalue weighted by molar-refractivity contribution is 0.0323. The van der Waals surface area contributed by atoms with E-state index in [2.05, 4.69) is 33.6 Å². The smallest absolute Gasteiger partial charge is 0.0951 e. The maximum absolute atomic E-state index is 5.43. The number of ether oxygens (including phenoxy) is 1. The number of rotatable bonds is 4. The SMILES string of the molecule is CC1CCCC(c2cncn2C(C)CN2CCOCC2)N1. The maximum Gasteiger partial charge on any atom is 0.0951 e. The fourth-order valence-electron chi connectivity index (χ4n) is 3.57. The molecule has 2 aliphatic heterocycles. The number of hydrogen-bond donors (Lipinski definition) is 1. The molecular formula is C16H28N4O. The molecule has 1 aromatic rings. The molecule has 2 saturated heterocycles. The molecule has 3 heterocycles. The lowest BCUT2D eigenvalue weighted by Crippen LogP contribution is -2.40. The lowest BCUT2D eigenvalue weighted by atomic mass is 9.97. The molecule has 5 nitrogen and oxygen atoms in total. The largest absolute Gasteiger partial charge is 0.379 e. The first-order chi connectivity index (χ1) is 10.2. The summed E-state index contributed by atoms with van der Waals surface area (Å²) < 4.78 is 7.80. The number of morpholine rings is 1. The molecule has 1 N–H and O–H groups in total. The van der Waals surface area contributed by atoms with Crippen molar-refractivity contribution >= 4 is 0 Å². The van der Waals surface area contributed by atoms with Crippen LogP contribution < -0.4 is 5.32 Å². The van der Waals surface area contributed by atoms with Crippen molar-refractivity contribution in [3.8, 4) is 0 Å². The topological polar surface area (TPSA) is 42.3 Å². The van der Waals surface area contributed by atoms with Crippen molar-refractivity contribution in [2.24, 2.45) is 0 Å². The highest BCUT2D eigenvalue weighted by Crippen LogP contribution is 2.27. The molecule has 21 heavy (non-hydrogen) atoms. The van der Waals surface area contributed by atoms with E-state index in [9.17, 15) is 0 Å². The summed E-state index contributed by atoms with van der Waals surface area (Å²) in [5.41, 5.74) is 1.35. The molecule has 3 rings (SSSR count). The van der Waals surface area contributed by atoms with Gasteiger partial charge in [0.1, 0.15) is 0 Å². The van der Waals surface area contributed by atoms with Crippen LogP contribution in [0.1, 0.15) is 50.9 Å². The van der Waals surface area contributed by atoms with Gasteiger partial charge in [-0.1, -0.05) is 0 Å². The summed E-state index contributed by atoms with van der Waals surface area (Å²) in [6.07, 6.45) is 7.86. The molecule has 1 aromatic heterocycles. The summed E-state index contributed by atoms with van der Waals surface area (Å²) >= 11 is 0. The van der Waals surface area contributed by atoms with E-state index < -0.39 is 0 Å². The van der Waals surface area contributed by atoms with Crippen molar-refractivity contribution in [1.29, 1.82) is 0 Å². The molecule has 0 saturated carbocycles. The van der Waals surface area contributed by atoms with Gasteiger partial charge in [0.15, 0.2) is 0 Å². The van der Waals surface area contributed by atoms with Gasteiger partial charge in [0.25, 0.3) is 0 Å². The van der Waals surface area contributed by atoms with Crippen LogP contribution in [0.4, 0.5) is 0 Å². The molecule has 0 bridgehead atoms. The monoisotopic (exact) mass is 292 g/mol. The number of nitrogens with zero attached hydrogens (tertiary/aromatic N) is 3. The van der Waals surface area contributed by atoms with E-state index in [4.69, 9.17) is 4.74 Å².